The predicted octanol–water partition coefficient (Wildman–Crippen LogP) is 3.88. The Bertz CT molecular complexity index is 639. The van der Waals surface area contributed by atoms with Gasteiger partial charge in [0.05, 0.1) is 19.3 Å². The third-order valence-electron chi connectivity index (χ3n) is 4.75. The fourth-order valence-corrected chi connectivity index (χ4v) is 3.33. The highest BCUT2D eigenvalue weighted by atomic mass is 16.5. The van der Waals surface area contributed by atoms with E-state index < -0.39 is 0 Å². The highest BCUT2D eigenvalue weighted by Gasteiger charge is 2.23. The fourth-order valence-electron chi connectivity index (χ4n) is 3.33. The Kier molecular flexibility index (Phi) is 6.68. The highest BCUT2D eigenvalue weighted by Crippen LogP contribution is 2.20. The maximum atomic E-state index is 6.15. The molecule has 1 aliphatic rings. The lowest BCUT2D eigenvalue weighted by molar-refractivity contribution is 0.0455. The molecule has 0 radical (unpaired) electrons. The molecule has 0 aliphatic carbocycles. The summed E-state index contributed by atoms with van der Waals surface area (Å²) in [7, 11) is 0. The van der Waals surface area contributed by atoms with Gasteiger partial charge in [0.15, 0.2) is 0 Å². The molecule has 1 saturated heterocycles. The molecule has 2 heterocycles. The Morgan fingerprint density at radius 2 is 2.12 bits per heavy atom. The molecule has 4 heteroatoms. The zero-order valence-corrected chi connectivity index (χ0v) is 15.5. The lowest BCUT2D eigenvalue weighted by Crippen LogP contribution is -2.23. The van der Waals surface area contributed by atoms with Crippen molar-refractivity contribution in [2.24, 2.45) is 0 Å². The number of furan rings is 1. The number of nitrogens with one attached hydrogen (secondary N) is 1. The fraction of sp³-hybridized carbons (Fsp3) is 0.524. The average molecular weight is 342 g/mol. The molecule has 3 rings (SSSR count). The van der Waals surface area contributed by atoms with Gasteiger partial charge in [-0.15, -0.1) is 0 Å². The molecule has 0 bridgehead atoms. The van der Waals surface area contributed by atoms with Crippen molar-refractivity contribution < 1.29 is 9.15 Å². The van der Waals surface area contributed by atoms with Gasteiger partial charge in [0.25, 0.3) is 0 Å². The first-order chi connectivity index (χ1) is 12.2. The summed E-state index contributed by atoms with van der Waals surface area (Å²) in [5.74, 6) is 1.98. The molecule has 1 N–H and O–H groups in total. The van der Waals surface area contributed by atoms with E-state index in [4.69, 9.17) is 9.15 Å². The topological polar surface area (TPSA) is 37.6 Å². The predicted molar refractivity (Wildman–Crippen MR) is 100 cm³/mol. The number of hydrogen-bond donors (Lipinski definition) is 1. The number of aryl methyl sites for hydroxylation is 1. The molecular weight excluding hydrogens is 312 g/mol. The van der Waals surface area contributed by atoms with Crippen LogP contribution in [0, 0.1) is 6.92 Å². The van der Waals surface area contributed by atoms with Crippen LogP contribution < -0.4 is 5.32 Å². The maximum Gasteiger partial charge on any atom is 0.118 e. The Balaban J connectivity index is 1.43. The van der Waals surface area contributed by atoms with E-state index in [2.05, 4.69) is 53.5 Å². The van der Waals surface area contributed by atoms with E-state index in [1.54, 1.807) is 0 Å². The van der Waals surface area contributed by atoms with Crippen molar-refractivity contribution in [3.63, 3.8) is 0 Å². The Morgan fingerprint density at radius 1 is 1.28 bits per heavy atom. The van der Waals surface area contributed by atoms with Gasteiger partial charge in [-0.2, -0.15) is 0 Å². The van der Waals surface area contributed by atoms with Crippen LogP contribution in [0.5, 0.6) is 0 Å². The van der Waals surface area contributed by atoms with E-state index in [1.165, 1.54) is 11.1 Å². The third-order valence-corrected chi connectivity index (χ3v) is 4.75. The van der Waals surface area contributed by atoms with E-state index in [1.807, 2.05) is 6.92 Å². The van der Waals surface area contributed by atoms with Crippen molar-refractivity contribution in [1.29, 1.82) is 0 Å². The summed E-state index contributed by atoms with van der Waals surface area (Å²) >= 11 is 0. The average Bonchev–Trinajstić information content (AvgIpc) is 3.20. The minimum absolute atomic E-state index is 0.319. The molecule has 0 amide bonds. The van der Waals surface area contributed by atoms with Gasteiger partial charge >= 0.3 is 0 Å². The molecule has 4 nitrogen and oxygen atoms in total. The van der Waals surface area contributed by atoms with Crippen LogP contribution in [-0.4, -0.2) is 30.6 Å². The van der Waals surface area contributed by atoms with Crippen LogP contribution in [0.1, 0.15) is 42.4 Å². The zero-order chi connectivity index (χ0) is 17.5. The first-order valence-electron chi connectivity index (χ1n) is 9.41. The van der Waals surface area contributed by atoms with Gasteiger partial charge in [-0.25, -0.2) is 0 Å². The summed E-state index contributed by atoms with van der Waals surface area (Å²) in [6.45, 7) is 9.78. The smallest absolute Gasteiger partial charge is 0.118 e. The number of benzene rings is 1. The largest absolute Gasteiger partial charge is 0.465 e. The van der Waals surface area contributed by atoms with Crippen LogP contribution in [-0.2, 0) is 24.4 Å². The van der Waals surface area contributed by atoms with Crippen LogP contribution in [0.4, 0.5) is 0 Å². The van der Waals surface area contributed by atoms with Gasteiger partial charge in [0.2, 0.25) is 0 Å². The quantitative estimate of drug-likeness (QED) is 0.702. The Labute approximate surface area is 151 Å². The van der Waals surface area contributed by atoms with Gasteiger partial charge in [-0.05, 0) is 37.9 Å². The second-order valence-electron chi connectivity index (χ2n) is 6.91. The van der Waals surface area contributed by atoms with E-state index in [0.29, 0.717) is 12.7 Å². The summed E-state index contributed by atoms with van der Waals surface area (Å²) < 4.78 is 12.0. The van der Waals surface area contributed by atoms with Crippen molar-refractivity contribution >= 4 is 0 Å². The van der Waals surface area contributed by atoms with Gasteiger partial charge < -0.3 is 14.5 Å². The van der Waals surface area contributed by atoms with Crippen LogP contribution in [0.2, 0.25) is 0 Å². The monoisotopic (exact) mass is 342 g/mol. The minimum Gasteiger partial charge on any atom is -0.465 e. The summed E-state index contributed by atoms with van der Waals surface area (Å²) in [6.07, 6.45) is 2.56. The Morgan fingerprint density at radius 3 is 2.92 bits per heavy atom. The number of nitrogens with zero attached hydrogens (tertiary/aromatic N) is 1. The molecule has 1 aliphatic heterocycles. The second-order valence-corrected chi connectivity index (χ2v) is 6.91. The van der Waals surface area contributed by atoms with Crippen molar-refractivity contribution in [3.8, 4) is 0 Å². The Hall–Kier alpha value is -1.62. The third kappa shape index (κ3) is 5.43. The summed E-state index contributed by atoms with van der Waals surface area (Å²) in [4.78, 5) is 2.47. The normalized spacial score (nSPS) is 18.1. The molecule has 0 saturated carbocycles. The second kappa shape index (κ2) is 9.18. The van der Waals surface area contributed by atoms with E-state index in [0.717, 1.165) is 57.1 Å². The van der Waals surface area contributed by atoms with Crippen LogP contribution in [0.3, 0.4) is 0 Å². The number of rotatable bonds is 9. The SMILES string of the molecule is CCCNCc1cc(COC2CCN(Cc3ccccc3)C2)c(C)o1. The standard InChI is InChI=1S/C21H30N2O2/c1-3-10-22-13-21-12-19(17(2)25-21)16-24-20-9-11-23(15-20)14-18-7-5-4-6-8-18/h4-8,12,20,22H,3,9-11,13-16H2,1-2H3. The maximum absolute atomic E-state index is 6.15. The molecule has 1 aromatic heterocycles. The lowest BCUT2D eigenvalue weighted by atomic mass is 10.2. The molecule has 1 atom stereocenters. The van der Waals surface area contributed by atoms with Crippen LogP contribution >= 0.6 is 0 Å². The van der Waals surface area contributed by atoms with Gasteiger partial charge in [0, 0.05) is 25.2 Å². The van der Waals surface area contributed by atoms with E-state index in [9.17, 15) is 0 Å². The van der Waals surface area contributed by atoms with Crippen LogP contribution in [0.25, 0.3) is 0 Å². The summed E-state index contributed by atoms with van der Waals surface area (Å²) in [5.41, 5.74) is 2.55. The van der Waals surface area contributed by atoms with E-state index in [-0.39, 0.29) is 0 Å². The molecule has 2 aromatic rings. The first kappa shape index (κ1) is 18.2. The zero-order valence-electron chi connectivity index (χ0n) is 15.5. The molecule has 0 spiro atoms. The van der Waals surface area contributed by atoms with Crippen molar-refractivity contribution in [2.75, 3.05) is 19.6 Å². The van der Waals surface area contributed by atoms with Gasteiger partial charge in [-0.3, -0.25) is 4.90 Å². The number of likely N-dealkylation sites (tertiary alicyclic amines) is 1. The molecule has 136 valence electrons. The molecular formula is C21H30N2O2. The van der Waals surface area contributed by atoms with Crippen LogP contribution in [0.15, 0.2) is 40.8 Å². The highest BCUT2D eigenvalue weighted by molar-refractivity contribution is 5.20. The van der Waals surface area contributed by atoms with Crippen molar-refractivity contribution in [2.45, 2.75) is 52.5 Å². The molecule has 1 aromatic carbocycles. The summed E-state index contributed by atoms with van der Waals surface area (Å²) in [6, 6.07) is 12.8. The van der Waals surface area contributed by atoms with E-state index >= 15 is 0 Å². The minimum atomic E-state index is 0.319. The van der Waals surface area contributed by atoms with Crippen molar-refractivity contribution in [1.82, 2.24) is 10.2 Å². The lowest BCUT2D eigenvalue weighted by Gasteiger charge is -2.16. The number of ether oxygens (including phenoxy) is 1. The number of hydrogen-bond acceptors (Lipinski definition) is 4. The molecule has 1 unspecified atom stereocenters. The van der Waals surface area contributed by atoms with Crippen molar-refractivity contribution in [3.05, 3.63) is 59.0 Å². The van der Waals surface area contributed by atoms with Gasteiger partial charge in [-0.1, -0.05) is 37.3 Å². The molecule has 25 heavy (non-hydrogen) atoms. The summed E-state index contributed by atoms with van der Waals surface area (Å²) in [5, 5.41) is 3.38. The first-order valence-corrected chi connectivity index (χ1v) is 9.41. The van der Waals surface area contributed by atoms with Gasteiger partial charge in [0.1, 0.15) is 11.5 Å². The molecule has 1 fully saturated rings.